The Labute approximate surface area is 117 Å². The minimum atomic E-state index is -0.688. The minimum Gasteiger partial charge on any atom is -0.393 e. The Morgan fingerprint density at radius 1 is 1.30 bits per heavy atom. The zero-order valence-corrected chi connectivity index (χ0v) is 11.7. The molecule has 1 aromatic carbocycles. The molecule has 0 saturated carbocycles. The molecule has 1 atom stereocenters. The summed E-state index contributed by atoms with van der Waals surface area (Å²) in [7, 11) is 0. The van der Waals surface area contributed by atoms with Gasteiger partial charge in [-0.3, -0.25) is 4.79 Å². The highest BCUT2D eigenvalue weighted by Crippen LogP contribution is 2.23. The number of benzene rings is 1. The maximum Gasteiger partial charge on any atom is 0.256 e. The van der Waals surface area contributed by atoms with Crippen molar-refractivity contribution in [1.29, 1.82) is 0 Å². The number of rotatable bonds is 2. The number of likely N-dealkylation sites (tertiary alicyclic amines) is 1. The zero-order valence-electron chi connectivity index (χ0n) is 11.7. The fourth-order valence-corrected chi connectivity index (χ4v) is 2.57. The van der Waals surface area contributed by atoms with Crippen LogP contribution in [0.2, 0.25) is 0 Å². The predicted molar refractivity (Wildman–Crippen MR) is 71.4 cm³/mol. The van der Waals surface area contributed by atoms with Crippen LogP contribution in [0.1, 0.15) is 35.7 Å². The Kier molecular flexibility index (Phi) is 4.38. The monoisotopic (exact) mass is 283 g/mol. The molecule has 5 heteroatoms. The van der Waals surface area contributed by atoms with Gasteiger partial charge in [-0.2, -0.15) is 0 Å². The second-order valence-electron chi connectivity index (χ2n) is 5.45. The van der Waals surface area contributed by atoms with Crippen LogP contribution < -0.4 is 0 Å². The van der Waals surface area contributed by atoms with E-state index in [4.69, 9.17) is 0 Å². The van der Waals surface area contributed by atoms with Crippen molar-refractivity contribution < 1.29 is 18.7 Å². The highest BCUT2D eigenvalue weighted by atomic mass is 19.1. The van der Waals surface area contributed by atoms with Crippen molar-refractivity contribution in [1.82, 2.24) is 4.90 Å². The lowest BCUT2D eigenvalue weighted by molar-refractivity contribution is 0.0517. The van der Waals surface area contributed by atoms with Gasteiger partial charge in [0, 0.05) is 13.1 Å². The number of piperidine rings is 1. The molecule has 1 N–H and O–H groups in total. The van der Waals surface area contributed by atoms with Gasteiger partial charge in [0.25, 0.3) is 5.91 Å². The number of carbonyl (C=O) groups is 1. The van der Waals surface area contributed by atoms with E-state index in [1.165, 1.54) is 11.8 Å². The molecule has 1 aliphatic heterocycles. The molecular weight excluding hydrogens is 264 g/mol. The fraction of sp³-hybridized carbons (Fsp3) is 0.533. The fourth-order valence-electron chi connectivity index (χ4n) is 2.57. The number of aliphatic hydroxyl groups excluding tert-OH is 1. The Morgan fingerprint density at radius 3 is 2.45 bits per heavy atom. The van der Waals surface area contributed by atoms with E-state index in [9.17, 15) is 18.7 Å². The van der Waals surface area contributed by atoms with E-state index in [1.807, 2.05) is 0 Å². The number of carbonyl (C=O) groups excluding carboxylic acids is 1. The predicted octanol–water partition coefficient (Wildman–Crippen LogP) is 2.51. The van der Waals surface area contributed by atoms with Crippen LogP contribution >= 0.6 is 0 Å². The molecule has 1 aromatic rings. The van der Waals surface area contributed by atoms with Crippen LogP contribution in [-0.2, 0) is 0 Å². The maximum absolute atomic E-state index is 13.8. The molecule has 0 aromatic heterocycles. The molecule has 0 radical (unpaired) electrons. The van der Waals surface area contributed by atoms with Crippen LogP contribution in [0.5, 0.6) is 0 Å². The number of halogens is 2. The first-order valence-corrected chi connectivity index (χ1v) is 6.83. The molecule has 1 fully saturated rings. The molecule has 110 valence electrons. The first-order chi connectivity index (χ1) is 9.40. The standard InChI is InChI=1S/C15H19F2NO2/c1-9-7-14(17)12(8-13(9)16)15(20)18-5-3-11(4-6-18)10(2)19/h7-8,10-11,19H,3-6H2,1-2H3. The second kappa shape index (κ2) is 5.87. The average Bonchev–Trinajstić information content (AvgIpc) is 2.42. The van der Waals surface area contributed by atoms with Crippen LogP contribution in [0.3, 0.4) is 0 Å². The number of amides is 1. The number of hydrogen-bond acceptors (Lipinski definition) is 2. The third-order valence-electron chi connectivity index (χ3n) is 3.99. The van der Waals surface area contributed by atoms with Gasteiger partial charge in [0.15, 0.2) is 0 Å². The summed E-state index contributed by atoms with van der Waals surface area (Å²) in [5.74, 6) is -1.58. The van der Waals surface area contributed by atoms with Gasteiger partial charge in [-0.05, 0) is 50.3 Å². The van der Waals surface area contributed by atoms with Crippen LogP contribution in [0, 0.1) is 24.5 Å². The first-order valence-electron chi connectivity index (χ1n) is 6.83. The Balaban J connectivity index is 2.11. The van der Waals surface area contributed by atoms with Crippen molar-refractivity contribution >= 4 is 5.91 Å². The van der Waals surface area contributed by atoms with Gasteiger partial charge in [0.2, 0.25) is 0 Å². The zero-order chi connectivity index (χ0) is 14.9. The van der Waals surface area contributed by atoms with Crippen LogP contribution in [-0.4, -0.2) is 35.1 Å². The lowest BCUT2D eigenvalue weighted by atomic mass is 9.92. The SMILES string of the molecule is Cc1cc(F)c(C(=O)N2CCC(C(C)O)CC2)cc1F. The number of aliphatic hydroxyl groups is 1. The van der Waals surface area contributed by atoms with E-state index >= 15 is 0 Å². The van der Waals surface area contributed by atoms with Crippen molar-refractivity contribution in [3.8, 4) is 0 Å². The van der Waals surface area contributed by atoms with E-state index in [-0.39, 0.29) is 17.0 Å². The summed E-state index contributed by atoms with van der Waals surface area (Å²) in [5.41, 5.74) is -0.0320. The van der Waals surface area contributed by atoms with E-state index in [0.29, 0.717) is 25.9 Å². The van der Waals surface area contributed by atoms with Gasteiger partial charge in [-0.1, -0.05) is 0 Å². The highest BCUT2D eigenvalue weighted by molar-refractivity contribution is 5.94. The summed E-state index contributed by atoms with van der Waals surface area (Å²) in [6.07, 6.45) is 0.958. The summed E-state index contributed by atoms with van der Waals surface area (Å²) < 4.78 is 27.3. The molecule has 1 heterocycles. The summed E-state index contributed by atoms with van der Waals surface area (Å²) in [6.45, 7) is 4.12. The molecular formula is C15H19F2NO2. The van der Waals surface area contributed by atoms with Crippen molar-refractivity contribution in [3.63, 3.8) is 0 Å². The summed E-state index contributed by atoms with van der Waals surface area (Å²) >= 11 is 0. The highest BCUT2D eigenvalue weighted by Gasteiger charge is 2.27. The van der Waals surface area contributed by atoms with Gasteiger partial charge in [-0.15, -0.1) is 0 Å². The Bertz CT molecular complexity index is 509. The number of aryl methyl sites for hydroxylation is 1. The maximum atomic E-state index is 13.8. The summed E-state index contributed by atoms with van der Waals surface area (Å²) in [6, 6.07) is 2.01. The van der Waals surface area contributed by atoms with Crippen molar-refractivity contribution in [2.24, 2.45) is 5.92 Å². The van der Waals surface area contributed by atoms with Gasteiger partial charge in [0.05, 0.1) is 11.7 Å². The second-order valence-corrected chi connectivity index (χ2v) is 5.45. The topological polar surface area (TPSA) is 40.5 Å². The molecule has 3 nitrogen and oxygen atoms in total. The molecule has 0 spiro atoms. The van der Waals surface area contributed by atoms with Crippen molar-refractivity contribution in [3.05, 3.63) is 34.9 Å². The molecule has 1 aliphatic rings. The van der Waals surface area contributed by atoms with E-state index in [1.54, 1.807) is 6.92 Å². The van der Waals surface area contributed by atoms with Gasteiger partial charge < -0.3 is 10.0 Å². The first kappa shape index (κ1) is 14.9. The average molecular weight is 283 g/mol. The summed E-state index contributed by atoms with van der Waals surface area (Å²) in [5, 5.41) is 9.52. The quantitative estimate of drug-likeness (QED) is 0.906. The van der Waals surface area contributed by atoms with Gasteiger partial charge >= 0.3 is 0 Å². The molecule has 1 unspecified atom stereocenters. The van der Waals surface area contributed by atoms with Crippen LogP contribution in [0.25, 0.3) is 0 Å². The van der Waals surface area contributed by atoms with Crippen molar-refractivity contribution in [2.75, 3.05) is 13.1 Å². The van der Waals surface area contributed by atoms with Gasteiger partial charge in [0.1, 0.15) is 11.6 Å². The van der Waals surface area contributed by atoms with E-state index in [0.717, 1.165) is 12.1 Å². The van der Waals surface area contributed by atoms with E-state index < -0.39 is 23.6 Å². The van der Waals surface area contributed by atoms with E-state index in [2.05, 4.69) is 0 Å². The molecule has 0 aliphatic carbocycles. The minimum absolute atomic E-state index is 0.165. The lowest BCUT2D eigenvalue weighted by Gasteiger charge is -2.33. The molecule has 2 rings (SSSR count). The number of hydrogen-bond donors (Lipinski definition) is 1. The van der Waals surface area contributed by atoms with Gasteiger partial charge in [-0.25, -0.2) is 8.78 Å². The molecule has 1 amide bonds. The molecule has 1 saturated heterocycles. The van der Waals surface area contributed by atoms with Crippen molar-refractivity contribution in [2.45, 2.75) is 32.8 Å². The summed E-state index contributed by atoms with van der Waals surface area (Å²) in [4.78, 5) is 13.7. The lowest BCUT2D eigenvalue weighted by Crippen LogP contribution is -2.41. The van der Waals surface area contributed by atoms with Crippen LogP contribution in [0.4, 0.5) is 8.78 Å². The van der Waals surface area contributed by atoms with Crippen LogP contribution in [0.15, 0.2) is 12.1 Å². The smallest absolute Gasteiger partial charge is 0.256 e. The third kappa shape index (κ3) is 2.98. The molecule has 20 heavy (non-hydrogen) atoms. The number of nitrogens with zero attached hydrogens (tertiary/aromatic N) is 1. The normalized spacial score (nSPS) is 18.1. The Morgan fingerprint density at radius 2 is 1.90 bits per heavy atom. The molecule has 0 bridgehead atoms. The third-order valence-corrected chi connectivity index (χ3v) is 3.99. The largest absolute Gasteiger partial charge is 0.393 e. The Hall–Kier alpha value is -1.49.